The maximum absolute atomic E-state index is 14.1. The van der Waals surface area contributed by atoms with Crippen LogP contribution in [0.15, 0.2) is 34.8 Å². The normalized spacial score (nSPS) is 11.4. The van der Waals surface area contributed by atoms with Gasteiger partial charge < -0.3 is 10.4 Å². The van der Waals surface area contributed by atoms with Crippen molar-refractivity contribution < 1.29 is 19.1 Å². The zero-order chi connectivity index (χ0) is 20.2. The zero-order valence-corrected chi connectivity index (χ0v) is 19.1. The minimum absolute atomic E-state index is 0.0803. The number of benzene rings is 2. The van der Waals surface area contributed by atoms with Crippen molar-refractivity contribution in [3.8, 4) is 0 Å². The highest BCUT2D eigenvalue weighted by atomic mass is 127. The fraction of sp³-hybridized carbons (Fsp3) is 0.278. The number of aliphatic hydroxyl groups is 1. The van der Waals surface area contributed by atoms with Crippen molar-refractivity contribution in [3.63, 3.8) is 0 Å². The molecule has 2 aromatic rings. The highest BCUT2D eigenvalue weighted by molar-refractivity contribution is 14.1. The SMILES string of the molecule is CC(C)(CCO)ONC(=O)c1cc(Br)c(F)cc1Nc1ccc(I)cc1Cl. The molecule has 3 N–H and O–H groups in total. The molecular weight excluding hydrogens is 553 g/mol. The van der Waals surface area contributed by atoms with Gasteiger partial charge in [0.15, 0.2) is 0 Å². The maximum Gasteiger partial charge on any atom is 0.277 e. The average Bonchev–Trinajstić information content (AvgIpc) is 2.58. The zero-order valence-electron chi connectivity index (χ0n) is 14.6. The number of hydrogen-bond donors (Lipinski definition) is 3. The second-order valence-electron chi connectivity index (χ2n) is 6.33. The first-order chi connectivity index (χ1) is 12.6. The Morgan fingerprint density at radius 3 is 2.67 bits per heavy atom. The van der Waals surface area contributed by atoms with Crippen LogP contribution in [0.25, 0.3) is 0 Å². The van der Waals surface area contributed by atoms with Gasteiger partial charge in [0.05, 0.1) is 32.0 Å². The second kappa shape index (κ2) is 9.51. The monoisotopic (exact) mass is 570 g/mol. The Labute approximate surface area is 183 Å². The van der Waals surface area contributed by atoms with Crippen LogP contribution in [0.4, 0.5) is 15.8 Å². The predicted octanol–water partition coefficient (Wildman–Crippen LogP) is 5.41. The van der Waals surface area contributed by atoms with Gasteiger partial charge in [0.1, 0.15) is 5.82 Å². The fourth-order valence-electron chi connectivity index (χ4n) is 2.13. The van der Waals surface area contributed by atoms with Crippen LogP contribution >= 0.6 is 50.1 Å². The molecular formula is C18H18BrClFIN2O3. The molecule has 27 heavy (non-hydrogen) atoms. The third kappa shape index (κ3) is 6.28. The van der Waals surface area contributed by atoms with Crippen molar-refractivity contribution >= 4 is 67.4 Å². The molecule has 1 amide bonds. The summed E-state index contributed by atoms with van der Waals surface area (Å²) >= 11 is 11.4. The average molecular weight is 572 g/mol. The minimum atomic E-state index is -0.755. The molecule has 0 saturated carbocycles. The van der Waals surface area contributed by atoms with Gasteiger partial charge in [-0.3, -0.25) is 9.63 Å². The number of halogens is 4. The van der Waals surface area contributed by atoms with Gasteiger partial charge in [-0.05, 0) is 82.7 Å². The summed E-state index contributed by atoms with van der Waals surface area (Å²) in [6, 6.07) is 7.89. The van der Waals surface area contributed by atoms with Crippen molar-refractivity contribution in [1.82, 2.24) is 5.48 Å². The number of carbonyl (C=O) groups excluding carboxylic acids is 1. The number of hydrogen-bond acceptors (Lipinski definition) is 4. The molecule has 0 fully saturated rings. The largest absolute Gasteiger partial charge is 0.396 e. The number of aliphatic hydroxyl groups excluding tert-OH is 1. The third-order valence-electron chi connectivity index (χ3n) is 3.64. The first-order valence-electron chi connectivity index (χ1n) is 7.93. The number of carbonyl (C=O) groups is 1. The third-order valence-corrected chi connectivity index (χ3v) is 5.23. The smallest absolute Gasteiger partial charge is 0.277 e. The standard InChI is InChI=1S/C18H18BrClFIN2O3/c1-18(2,5-6-25)27-24-17(26)11-8-12(19)14(21)9-16(11)23-15-4-3-10(22)7-13(15)20/h3-4,7-9,23,25H,5-6H2,1-2H3,(H,24,26). The van der Waals surface area contributed by atoms with Crippen LogP contribution in [0.2, 0.25) is 5.02 Å². The summed E-state index contributed by atoms with van der Waals surface area (Å²) in [4.78, 5) is 18.0. The fourth-order valence-corrected chi connectivity index (χ4v) is 3.38. The molecule has 0 saturated heterocycles. The number of nitrogens with one attached hydrogen (secondary N) is 2. The molecule has 146 valence electrons. The van der Waals surface area contributed by atoms with E-state index < -0.39 is 17.3 Å². The summed E-state index contributed by atoms with van der Waals surface area (Å²) in [5.74, 6) is -1.09. The van der Waals surface area contributed by atoms with E-state index in [0.29, 0.717) is 17.1 Å². The van der Waals surface area contributed by atoms with Gasteiger partial charge in [-0.2, -0.15) is 0 Å². The molecule has 2 aromatic carbocycles. The Kier molecular flexibility index (Phi) is 7.87. The van der Waals surface area contributed by atoms with E-state index in [9.17, 15) is 9.18 Å². The molecule has 5 nitrogen and oxygen atoms in total. The molecule has 0 heterocycles. The molecule has 9 heteroatoms. The van der Waals surface area contributed by atoms with Crippen molar-refractivity contribution in [2.45, 2.75) is 25.9 Å². The molecule has 2 rings (SSSR count). The van der Waals surface area contributed by atoms with Gasteiger partial charge in [0.2, 0.25) is 0 Å². The highest BCUT2D eigenvalue weighted by Gasteiger charge is 2.22. The summed E-state index contributed by atoms with van der Waals surface area (Å²) in [6.07, 6.45) is 0.337. The first-order valence-corrected chi connectivity index (χ1v) is 10.2. The number of anilines is 2. The molecule has 0 aromatic heterocycles. The van der Waals surface area contributed by atoms with E-state index in [1.54, 1.807) is 26.0 Å². The lowest BCUT2D eigenvalue weighted by Gasteiger charge is -2.24. The lowest BCUT2D eigenvalue weighted by atomic mass is 10.1. The van der Waals surface area contributed by atoms with Gasteiger partial charge in [-0.1, -0.05) is 11.6 Å². The van der Waals surface area contributed by atoms with Crippen LogP contribution < -0.4 is 10.8 Å². The van der Waals surface area contributed by atoms with Gasteiger partial charge in [0.25, 0.3) is 5.91 Å². The quantitative estimate of drug-likeness (QED) is 0.307. The van der Waals surface area contributed by atoms with E-state index in [-0.39, 0.29) is 22.3 Å². The summed E-state index contributed by atoms with van der Waals surface area (Å²) < 4.78 is 15.1. The van der Waals surface area contributed by atoms with Crippen molar-refractivity contribution in [2.75, 3.05) is 11.9 Å². The van der Waals surface area contributed by atoms with Crippen LogP contribution in [0.5, 0.6) is 0 Å². The van der Waals surface area contributed by atoms with E-state index in [4.69, 9.17) is 21.5 Å². The van der Waals surface area contributed by atoms with Gasteiger partial charge in [-0.15, -0.1) is 0 Å². The van der Waals surface area contributed by atoms with E-state index in [2.05, 4.69) is 49.3 Å². The Hall–Kier alpha value is -0.940. The van der Waals surface area contributed by atoms with E-state index in [0.717, 1.165) is 3.57 Å². The van der Waals surface area contributed by atoms with Gasteiger partial charge in [-0.25, -0.2) is 9.87 Å². The molecule has 0 spiro atoms. The Balaban J connectivity index is 2.30. The van der Waals surface area contributed by atoms with Crippen LogP contribution in [-0.2, 0) is 4.84 Å². The topological polar surface area (TPSA) is 70.6 Å². The van der Waals surface area contributed by atoms with Crippen molar-refractivity contribution in [3.05, 3.63) is 54.8 Å². The van der Waals surface area contributed by atoms with Gasteiger partial charge >= 0.3 is 0 Å². The van der Waals surface area contributed by atoms with Crippen LogP contribution in [0.1, 0.15) is 30.6 Å². The van der Waals surface area contributed by atoms with E-state index >= 15 is 0 Å². The molecule has 0 aliphatic rings. The summed E-state index contributed by atoms with van der Waals surface area (Å²) in [7, 11) is 0. The number of hydroxylamine groups is 1. The summed E-state index contributed by atoms with van der Waals surface area (Å²) in [5, 5.41) is 12.5. The molecule has 0 bridgehead atoms. The highest BCUT2D eigenvalue weighted by Crippen LogP contribution is 2.31. The van der Waals surface area contributed by atoms with Gasteiger partial charge in [0, 0.05) is 16.6 Å². The molecule has 0 aliphatic heterocycles. The Bertz CT molecular complexity index is 852. The molecule has 0 aliphatic carbocycles. The molecule has 0 radical (unpaired) electrons. The maximum atomic E-state index is 14.1. The van der Waals surface area contributed by atoms with Crippen LogP contribution in [0.3, 0.4) is 0 Å². The number of rotatable bonds is 7. The first kappa shape index (κ1) is 22.4. The Morgan fingerprint density at radius 1 is 1.33 bits per heavy atom. The van der Waals surface area contributed by atoms with Crippen molar-refractivity contribution in [1.29, 1.82) is 0 Å². The van der Waals surface area contributed by atoms with Crippen molar-refractivity contribution in [2.24, 2.45) is 0 Å². The Morgan fingerprint density at radius 2 is 2.04 bits per heavy atom. The van der Waals surface area contributed by atoms with Crippen LogP contribution in [-0.4, -0.2) is 23.2 Å². The van der Waals surface area contributed by atoms with E-state index in [1.807, 2.05) is 6.07 Å². The lowest BCUT2D eigenvalue weighted by molar-refractivity contribution is -0.0805. The second-order valence-corrected chi connectivity index (χ2v) is 8.83. The minimum Gasteiger partial charge on any atom is -0.396 e. The van der Waals surface area contributed by atoms with E-state index in [1.165, 1.54) is 12.1 Å². The predicted molar refractivity (Wildman–Crippen MR) is 116 cm³/mol. The summed E-state index contributed by atoms with van der Waals surface area (Å²) in [6.45, 7) is 3.38. The number of amides is 1. The summed E-state index contributed by atoms with van der Waals surface area (Å²) in [5.41, 5.74) is 2.53. The lowest BCUT2D eigenvalue weighted by Crippen LogP contribution is -2.36. The molecule has 0 atom stereocenters. The van der Waals surface area contributed by atoms with Crippen LogP contribution in [0, 0.1) is 9.39 Å². The molecule has 0 unspecified atom stereocenters.